The van der Waals surface area contributed by atoms with Gasteiger partial charge < -0.3 is 21.3 Å². The number of nitrogens with two attached hydrogens (primary N) is 2. The number of primary amides is 2. The Morgan fingerprint density at radius 1 is 0.872 bits per heavy atom. The van der Waals surface area contributed by atoms with Gasteiger partial charge in [0.25, 0.3) is 11.8 Å². The number of unbranched alkanes of at least 4 members (excludes halogenated alkanes) is 1. The van der Waals surface area contributed by atoms with Crippen LogP contribution in [0, 0.1) is 11.3 Å². The van der Waals surface area contributed by atoms with E-state index in [1.807, 2.05) is 42.5 Å². The molecule has 47 heavy (non-hydrogen) atoms. The molecule has 0 spiro atoms. The molecule has 1 aliphatic rings. The summed E-state index contributed by atoms with van der Waals surface area (Å²) in [6, 6.07) is 25.2. The maximum absolute atomic E-state index is 11.7. The Hall–Kier alpha value is -5.41. The SMILES string of the molecule is CCCCN(CC#N)c1nc(C(N)=O)cc(-c2ccccc2)n1.NC(=O)c1cc(-c2cc3ccccc3s2)nc(N2CCCCC2)n1. The molecule has 4 heterocycles. The molecular weight excluding hydrogens is 611 g/mol. The summed E-state index contributed by atoms with van der Waals surface area (Å²) < 4.78 is 1.20. The Balaban J connectivity index is 0.000000185. The van der Waals surface area contributed by atoms with E-state index in [0.717, 1.165) is 54.9 Å². The Morgan fingerprint density at radius 3 is 2.23 bits per heavy atom. The number of benzene rings is 2. The smallest absolute Gasteiger partial charge is 0.267 e. The van der Waals surface area contributed by atoms with Crippen LogP contribution in [0.5, 0.6) is 0 Å². The highest BCUT2D eigenvalue weighted by Gasteiger charge is 2.19. The van der Waals surface area contributed by atoms with Gasteiger partial charge in [0.1, 0.15) is 17.9 Å². The molecule has 4 N–H and O–H groups in total. The fourth-order valence-electron chi connectivity index (χ4n) is 5.17. The Bertz CT molecular complexity index is 1850. The highest BCUT2D eigenvalue weighted by molar-refractivity contribution is 7.22. The standard InChI is InChI=1S/C18H18N4OS.C17H19N5O/c19-17(23)14-11-13(16-10-12-6-2-3-7-15(12)24-16)20-18(21-14)22-8-4-1-5-9-22;1-2-3-10-22(11-9-18)17-20-14(12-15(21-17)16(19)23)13-7-5-4-6-8-13/h2-3,6-7,10-11H,1,4-5,8-9H2,(H2,19,23);4-8,12H,2-3,10-11H2,1H3,(H2,19,23). The zero-order chi connectivity index (χ0) is 33.2. The number of amides is 2. The van der Waals surface area contributed by atoms with Crippen LogP contribution < -0.4 is 21.3 Å². The minimum Gasteiger partial charge on any atom is -0.364 e. The Kier molecular flexibility index (Phi) is 11.0. The van der Waals surface area contributed by atoms with E-state index in [-0.39, 0.29) is 17.9 Å². The topological polar surface area (TPSA) is 168 Å². The number of hydrogen-bond donors (Lipinski definition) is 2. The highest BCUT2D eigenvalue weighted by atomic mass is 32.1. The Morgan fingerprint density at radius 2 is 1.55 bits per heavy atom. The molecule has 1 saturated heterocycles. The van der Waals surface area contributed by atoms with E-state index < -0.39 is 11.8 Å². The molecule has 240 valence electrons. The average molecular weight is 648 g/mol. The predicted molar refractivity (Wildman–Crippen MR) is 186 cm³/mol. The number of anilines is 2. The van der Waals surface area contributed by atoms with Crippen molar-refractivity contribution in [2.45, 2.75) is 39.0 Å². The summed E-state index contributed by atoms with van der Waals surface area (Å²) in [4.78, 5) is 46.1. The quantitative estimate of drug-likeness (QED) is 0.177. The lowest BCUT2D eigenvalue weighted by Crippen LogP contribution is -2.31. The number of carbonyl (C=O) groups is 2. The third-order valence-electron chi connectivity index (χ3n) is 7.65. The number of carbonyl (C=O) groups excluding carboxylic acids is 2. The van der Waals surface area contributed by atoms with Crippen molar-refractivity contribution < 1.29 is 9.59 Å². The van der Waals surface area contributed by atoms with Gasteiger partial charge in [-0.3, -0.25) is 9.59 Å². The molecule has 2 aromatic carbocycles. The van der Waals surface area contributed by atoms with Crippen molar-refractivity contribution in [3.8, 4) is 27.9 Å². The molecule has 0 bridgehead atoms. The van der Waals surface area contributed by atoms with Gasteiger partial charge in [0.15, 0.2) is 0 Å². The second-order valence-corrected chi connectivity index (χ2v) is 12.2. The summed E-state index contributed by atoms with van der Waals surface area (Å²) >= 11 is 1.67. The summed E-state index contributed by atoms with van der Waals surface area (Å²) in [6.07, 6.45) is 5.38. The molecule has 2 amide bonds. The van der Waals surface area contributed by atoms with Crippen molar-refractivity contribution in [3.05, 3.63) is 84.2 Å². The first-order valence-electron chi connectivity index (χ1n) is 15.6. The van der Waals surface area contributed by atoms with Crippen molar-refractivity contribution in [2.75, 3.05) is 36.0 Å². The maximum atomic E-state index is 11.7. The molecule has 0 radical (unpaired) electrons. The maximum Gasteiger partial charge on any atom is 0.267 e. The first kappa shape index (κ1) is 33.0. The number of rotatable bonds is 10. The lowest BCUT2D eigenvalue weighted by atomic mass is 10.1. The largest absolute Gasteiger partial charge is 0.364 e. The summed E-state index contributed by atoms with van der Waals surface area (Å²) in [5.74, 6) is -0.162. The van der Waals surface area contributed by atoms with E-state index in [1.165, 1.54) is 16.5 Å². The van der Waals surface area contributed by atoms with Gasteiger partial charge in [0, 0.05) is 29.9 Å². The summed E-state index contributed by atoms with van der Waals surface area (Å²) in [5, 5.41) is 10.2. The molecule has 11 nitrogen and oxygen atoms in total. The van der Waals surface area contributed by atoms with Gasteiger partial charge in [-0.05, 0) is 55.3 Å². The van der Waals surface area contributed by atoms with Gasteiger partial charge >= 0.3 is 0 Å². The van der Waals surface area contributed by atoms with Crippen LogP contribution in [-0.4, -0.2) is 57.9 Å². The van der Waals surface area contributed by atoms with Crippen LogP contribution in [0.2, 0.25) is 0 Å². The van der Waals surface area contributed by atoms with Crippen molar-refractivity contribution >= 4 is 45.1 Å². The van der Waals surface area contributed by atoms with Gasteiger partial charge in [-0.25, -0.2) is 19.9 Å². The number of fused-ring (bicyclic) bond motifs is 1. The van der Waals surface area contributed by atoms with Gasteiger partial charge in [0.05, 0.1) is 22.3 Å². The number of nitriles is 1. The third-order valence-corrected chi connectivity index (χ3v) is 8.78. The zero-order valence-corrected chi connectivity index (χ0v) is 27.1. The summed E-state index contributed by atoms with van der Waals surface area (Å²) in [7, 11) is 0. The molecule has 0 atom stereocenters. The molecular formula is C35H37N9O2S. The van der Waals surface area contributed by atoms with Crippen molar-refractivity contribution in [2.24, 2.45) is 11.5 Å². The van der Waals surface area contributed by atoms with Gasteiger partial charge in [-0.2, -0.15) is 5.26 Å². The lowest BCUT2D eigenvalue weighted by Gasteiger charge is -2.27. The van der Waals surface area contributed by atoms with Crippen LogP contribution in [0.25, 0.3) is 31.9 Å². The normalized spacial score (nSPS) is 12.6. The molecule has 3 aromatic heterocycles. The van der Waals surface area contributed by atoms with E-state index in [1.54, 1.807) is 28.4 Å². The molecule has 1 aliphatic heterocycles. The van der Waals surface area contributed by atoms with E-state index in [9.17, 15) is 9.59 Å². The van der Waals surface area contributed by atoms with Crippen LogP contribution >= 0.6 is 11.3 Å². The van der Waals surface area contributed by atoms with Crippen LogP contribution in [0.3, 0.4) is 0 Å². The van der Waals surface area contributed by atoms with Gasteiger partial charge in [0.2, 0.25) is 11.9 Å². The molecule has 0 aliphatic carbocycles. The first-order valence-corrected chi connectivity index (χ1v) is 16.5. The van der Waals surface area contributed by atoms with E-state index in [0.29, 0.717) is 24.1 Å². The van der Waals surface area contributed by atoms with E-state index in [2.05, 4.69) is 51.0 Å². The number of hydrogen-bond acceptors (Lipinski definition) is 10. The monoisotopic (exact) mass is 647 g/mol. The van der Waals surface area contributed by atoms with Crippen molar-refractivity contribution in [1.29, 1.82) is 5.26 Å². The molecule has 1 fully saturated rings. The van der Waals surface area contributed by atoms with Crippen LogP contribution in [0.1, 0.15) is 60.0 Å². The van der Waals surface area contributed by atoms with Crippen LogP contribution in [-0.2, 0) is 0 Å². The average Bonchev–Trinajstić information content (AvgIpc) is 3.55. The molecule has 5 aromatic rings. The van der Waals surface area contributed by atoms with Crippen LogP contribution in [0.15, 0.2) is 72.8 Å². The fourth-order valence-corrected chi connectivity index (χ4v) is 6.20. The molecule has 0 saturated carbocycles. The second-order valence-electron chi connectivity index (χ2n) is 11.1. The Labute approximate surface area is 277 Å². The molecule has 6 rings (SSSR count). The fraction of sp³-hybridized carbons (Fsp3) is 0.286. The highest BCUT2D eigenvalue weighted by Crippen LogP contribution is 2.33. The van der Waals surface area contributed by atoms with Crippen LogP contribution in [0.4, 0.5) is 11.9 Å². The van der Waals surface area contributed by atoms with Gasteiger partial charge in [-0.15, -0.1) is 11.3 Å². The number of aromatic nitrogens is 4. The zero-order valence-electron chi connectivity index (χ0n) is 26.3. The second kappa shape index (κ2) is 15.7. The van der Waals surface area contributed by atoms with Gasteiger partial charge in [-0.1, -0.05) is 61.9 Å². The third kappa shape index (κ3) is 8.45. The number of nitrogens with zero attached hydrogens (tertiary/aromatic N) is 7. The minimum atomic E-state index is -0.613. The van der Waals surface area contributed by atoms with Crippen molar-refractivity contribution in [1.82, 2.24) is 19.9 Å². The predicted octanol–water partition coefficient (Wildman–Crippen LogP) is 5.82. The minimum absolute atomic E-state index is 0.147. The van der Waals surface area contributed by atoms with E-state index in [4.69, 9.17) is 21.7 Å². The first-order chi connectivity index (χ1) is 22.9. The summed E-state index contributed by atoms with van der Waals surface area (Å²) in [6.45, 7) is 4.74. The van der Waals surface area contributed by atoms with Crippen molar-refractivity contribution in [3.63, 3.8) is 0 Å². The summed E-state index contributed by atoms with van der Waals surface area (Å²) in [5.41, 5.74) is 13.5. The van der Waals surface area contributed by atoms with E-state index >= 15 is 0 Å². The number of thiophene rings is 1. The number of piperidine rings is 1. The lowest BCUT2D eigenvalue weighted by molar-refractivity contribution is 0.0987. The molecule has 12 heteroatoms. The molecule has 0 unspecified atom stereocenters.